The number of benzene rings is 1. The van der Waals surface area contributed by atoms with Gasteiger partial charge in [0, 0.05) is 4.47 Å². The number of unbranched alkanes of at least 4 members (excludes halogenated alkanes) is 1. The molecule has 2 heteroatoms. The van der Waals surface area contributed by atoms with Crippen molar-refractivity contribution in [1.29, 1.82) is 0 Å². The molecule has 1 nitrogen and oxygen atoms in total. The minimum Gasteiger partial charge on any atom is -0.317 e. The molecular formula is C13H20BrN. The lowest BCUT2D eigenvalue weighted by molar-refractivity contribution is 0.617. The van der Waals surface area contributed by atoms with E-state index >= 15 is 0 Å². The van der Waals surface area contributed by atoms with Crippen molar-refractivity contribution in [2.24, 2.45) is 0 Å². The predicted molar refractivity (Wildman–Crippen MR) is 70.2 cm³/mol. The van der Waals surface area contributed by atoms with E-state index in [1.165, 1.54) is 31.2 Å². The van der Waals surface area contributed by atoms with Crippen LogP contribution >= 0.6 is 15.9 Å². The Morgan fingerprint density at radius 1 is 1.07 bits per heavy atom. The lowest BCUT2D eigenvalue weighted by atomic mass is 10.1. The molecule has 0 amide bonds. The van der Waals surface area contributed by atoms with E-state index in [2.05, 4.69) is 52.4 Å². The molecule has 0 saturated heterocycles. The molecule has 1 rings (SSSR count). The van der Waals surface area contributed by atoms with E-state index in [9.17, 15) is 0 Å². The fourth-order valence-electron chi connectivity index (χ4n) is 1.53. The third-order valence-corrected chi connectivity index (χ3v) is 2.94. The molecule has 0 atom stereocenters. The molecule has 1 N–H and O–H groups in total. The zero-order valence-electron chi connectivity index (χ0n) is 9.43. The molecule has 0 aliphatic rings. The highest BCUT2D eigenvalue weighted by Crippen LogP contribution is 2.12. The first-order valence-corrected chi connectivity index (χ1v) is 6.57. The number of hydrogen-bond donors (Lipinski definition) is 1. The van der Waals surface area contributed by atoms with Gasteiger partial charge in [-0.05, 0) is 56.5 Å². The van der Waals surface area contributed by atoms with Crippen molar-refractivity contribution in [3.8, 4) is 0 Å². The van der Waals surface area contributed by atoms with Gasteiger partial charge in [0.1, 0.15) is 0 Å². The second-order valence-corrected chi connectivity index (χ2v) is 4.75. The van der Waals surface area contributed by atoms with E-state index in [1.54, 1.807) is 0 Å². The summed E-state index contributed by atoms with van der Waals surface area (Å²) in [7, 11) is 0. The van der Waals surface area contributed by atoms with Gasteiger partial charge in [0.25, 0.3) is 0 Å². The van der Waals surface area contributed by atoms with Crippen molar-refractivity contribution in [2.45, 2.75) is 32.6 Å². The van der Waals surface area contributed by atoms with Crippen LogP contribution in [0.15, 0.2) is 28.7 Å². The Labute approximate surface area is 101 Å². The molecule has 0 aromatic heterocycles. The Morgan fingerprint density at radius 2 is 1.80 bits per heavy atom. The van der Waals surface area contributed by atoms with Crippen LogP contribution in [0, 0.1) is 0 Å². The van der Waals surface area contributed by atoms with Crippen molar-refractivity contribution in [1.82, 2.24) is 5.32 Å². The first-order chi connectivity index (χ1) is 7.33. The highest BCUT2D eigenvalue weighted by atomic mass is 79.9. The molecule has 0 bridgehead atoms. The molecule has 84 valence electrons. The summed E-state index contributed by atoms with van der Waals surface area (Å²) in [4.78, 5) is 0. The molecule has 0 aliphatic heterocycles. The predicted octanol–water partition coefficient (Wildman–Crippen LogP) is 3.77. The van der Waals surface area contributed by atoms with Gasteiger partial charge in [0.15, 0.2) is 0 Å². The smallest absolute Gasteiger partial charge is 0.0175 e. The van der Waals surface area contributed by atoms with E-state index in [1.807, 2.05) is 0 Å². The molecule has 1 aromatic rings. The van der Waals surface area contributed by atoms with Gasteiger partial charge in [-0.1, -0.05) is 35.0 Å². The minimum atomic E-state index is 1.15. The summed E-state index contributed by atoms with van der Waals surface area (Å²) in [6, 6.07) is 8.63. The molecule has 1 aromatic carbocycles. The van der Waals surface area contributed by atoms with Gasteiger partial charge in [-0.25, -0.2) is 0 Å². The van der Waals surface area contributed by atoms with Crippen LogP contribution in [0.25, 0.3) is 0 Å². The number of aryl methyl sites for hydroxylation is 1. The van der Waals surface area contributed by atoms with Crippen LogP contribution in [-0.2, 0) is 6.42 Å². The molecular weight excluding hydrogens is 250 g/mol. The first kappa shape index (κ1) is 12.7. The average Bonchev–Trinajstić information content (AvgIpc) is 2.26. The number of hydrogen-bond acceptors (Lipinski definition) is 1. The fraction of sp³-hybridized carbons (Fsp3) is 0.538. The van der Waals surface area contributed by atoms with Crippen LogP contribution in [0.1, 0.15) is 31.7 Å². The van der Waals surface area contributed by atoms with Gasteiger partial charge in [-0.3, -0.25) is 0 Å². The molecule has 0 unspecified atom stereocenters. The van der Waals surface area contributed by atoms with Gasteiger partial charge in [-0.15, -0.1) is 0 Å². The summed E-state index contributed by atoms with van der Waals surface area (Å²) in [6.07, 6.45) is 4.97. The largest absolute Gasteiger partial charge is 0.317 e. The lowest BCUT2D eigenvalue weighted by Crippen LogP contribution is -2.15. The number of nitrogens with one attached hydrogen (secondary N) is 1. The van der Waals surface area contributed by atoms with Crippen molar-refractivity contribution in [3.05, 3.63) is 34.3 Å². The van der Waals surface area contributed by atoms with Crippen molar-refractivity contribution < 1.29 is 0 Å². The maximum Gasteiger partial charge on any atom is 0.0175 e. The topological polar surface area (TPSA) is 12.0 Å². The Kier molecular flexibility index (Phi) is 6.69. The molecule has 0 radical (unpaired) electrons. The van der Waals surface area contributed by atoms with Crippen LogP contribution in [0.5, 0.6) is 0 Å². The SMILES string of the molecule is CCCNCCCCc1ccc(Br)cc1. The maximum absolute atomic E-state index is 3.45. The maximum atomic E-state index is 3.45. The van der Waals surface area contributed by atoms with Crippen molar-refractivity contribution >= 4 is 15.9 Å². The Balaban J connectivity index is 2.07. The fourth-order valence-corrected chi connectivity index (χ4v) is 1.80. The highest BCUT2D eigenvalue weighted by Gasteiger charge is 1.93. The zero-order chi connectivity index (χ0) is 10.9. The first-order valence-electron chi connectivity index (χ1n) is 5.78. The highest BCUT2D eigenvalue weighted by molar-refractivity contribution is 9.10. The molecule has 0 saturated carbocycles. The zero-order valence-corrected chi connectivity index (χ0v) is 11.0. The minimum absolute atomic E-state index is 1.15. The van der Waals surface area contributed by atoms with E-state index in [4.69, 9.17) is 0 Å². The Morgan fingerprint density at radius 3 is 2.47 bits per heavy atom. The van der Waals surface area contributed by atoms with Crippen LogP contribution < -0.4 is 5.32 Å². The van der Waals surface area contributed by atoms with Gasteiger partial charge < -0.3 is 5.32 Å². The van der Waals surface area contributed by atoms with Crippen LogP contribution in [0.4, 0.5) is 0 Å². The molecule has 0 fully saturated rings. The van der Waals surface area contributed by atoms with E-state index in [-0.39, 0.29) is 0 Å². The van der Waals surface area contributed by atoms with E-state index in [0.717, 1.165) is 17.6 Å². The van der Waals surface area contributed by atoms with Crippen LogP contribution in [0.3, 0.4) is 0 Å². The normalized spacial score (nSPS) is 10.5. The van der Waals surface area contributed by atoms with E-state index in [0.29, 0.717) is 0 Å². The van der Waals surface area contributed by atoms with Crippen molar-refractivity contribution in [3.63, 3.8) is 0 Å². The lowest BCUT2D eigenvalue weighted by Gasteiger charge is -2.03. The number of rotatable bonds is 7. The summed E-state index contributed by atoms with van der Waals surface area (Å²) < 4.78 is 1.16. The summed E-state index contributed by atoms with van der Waals surface area (Å²) in [5.74, 6) is 0. The van der Waals surface area contributed by atoms with Crippen LogP contribution in [-0.4, -0.2) is 13.1 Å². The summed E-state index contributed by atoms with van der Waals surface area (Å²) in [5.41, 5.74) is 1.44. The third kappa shape index (κ3) is 5.95. The average molecular weight is 270 g/mol. The Hall–Kier alpha value is -0.340. The summed E-state index contributed by atoms with van der Waals surface area (Å²) in [6.45, 7) is 4.51. The standard InChI is InChI=1S/C13H20BrN/c1-2-10-15-11-4-3-5-12-6-8-13(14)9-7-12/h6-9,15H,2-5,10-11H2,1H3. The van der Waals surface area contributed by atoms with Gasteiger partial charge >= 0.3 is 0 Å². The molecule has 15 heavy (non-hydrogen) atoms. The van der Waals surface area contributed by atoms with Gasteiger partial charge in [-0.2, -0.15) is 0 Å². The second-order valence-electron chi connectivity index (χ2n) is 3.83. The summed E-state index contributed by atoms with van der Waals surface area (Å²) in [5, 5.41) is 3.42. The quantitative estimate of drug-likeness (QED) is 0.744. The van der Waals surface area contributed by atoms with Crippen molar-refractivity contribution in [2.75, 3.05) is 13.1 Å². The molecule has 0 spiro atoms. The monoisotopic (exact) mass is 269 g/mol. The van der Waals surface area contributed by atoms with Gasteiger partial charge in [0.2, 0.25) is 0 Å². The molecule has 0 heterocycles. The third-order valence-electron chi connectivity index (χ3n) is 2.41. The van der Waals surface area contributed by atoms with Crippen LogP contribution in [0.2, 0.25) is 0 Å². The van der Waals surface area contributed by atoms with Gasteiger partial charge in [0.05, 0.1) is 0 Å². The summed E-state index contributed by atoms with van der Waals surface area (Å²) >= 11 is 3.45. The second kappa shape index (κ2) is 7.89. The number of halogens is 1. The Bertz CT molecular complexity index is 256. The molecule has 0 aliphatic carbocycles. The van der Waals surface area contributed by atoms with E-state index < -0.39 is 0 Å².